The van der Waals surface area contributed by atoms with E-state index >= 15 is 0 Å². The molecule has 0 heterocycles. The van der Waals surface area contributed by atoms with Crippen molar-refractivity contribution in [3.63, 3.8) is 0 Å². The standard InChI is InChI=1S/C14H19NO5S/c1-19-12-7-9-13(10-8-12)21(17,18)15-20-14(16)11-5-3-2-4-6-11/h7-11,15H,2-6H2,1H3. The Kier molecular flexibility index (Phi) is 5.19. The average molecular weight is 313 g/mol. The van der Waals surface area contributed by atoms with Gasteiger partial charge in [0.25, 0.3) is 10.0 Å². The fourth-order valence-corrected chi connectivity index (χ4v) is 3.10. The van der Waals surface area contributed by atoms with Gasteiger partial charge in [-0.3, -0.25) is 4.79 Å². The minimum absolute atomic E-state index is 0.0137. The summed E-state index contributed by atoms with van der Waals surface area (Å²) in [5.41, 5.74) is 0. The monoisotopic (exact) mass is 313 g/mol. The van der Waals surface area contributed by atoms with Gasteiger partial charge >= 0.3 is 5.97 Å². The van der Waals surface area contributed by atoms with Gasteiger partial charge in [-0.1, -0.05) is 19.3 Å². The molecule has 6 nitrogen and oxygen atoms in total. The van der Waals surface area contributed by atoms with Crippen LogP contribution in [0.4, 0.5) is 0 Å². The molecule has 116 valence electrons. The smallest absolute Gasteiger partial charge is 0.329 e. The third-order valence-corrected chi connectivity index (χ3v) is 4.76. The van der Waals surface area contributed by atoms with E-state index in [4.69, 9.17) is 9.57 Å². The van der Waals surface area contributed by atoms with Gasteiger partial charge < -0.3 is 9.57 Å². The second kappa shape index (κ2) is 6.91. The Morgan fingerprint density at radius 1 is 1.14 bits per heavy atom. The van der Waals surface area contributed by atoms with Crippen molar-refractivity contribution in [1.82, 2.24) is 4.89 Å². The van der Waals surface area contributed by atoms with Crippen LogP contribution in [0.3, 0.4) is 0 Å². The maximum atomic E-state index is 12.0. The highest BCUT2D eigenvalue weighted by atomic mass is 32.2. The molecule has 0 aliphatic heterocycles. The zero-order valence-electron chi connectivity index (χ0n) is 11.9. The molecule has 0 radical (unpaired) electrons. The Hall–Kier alpha value is -1.60. The van der Waals surface area contributed by atoms with Gasteiger partial charge in [-0.15, -0.1) is 0 Å². The van der Waals surface area contributed by atoms with Crippen LogP contribution in [0.25, 0.3) is 0 Å². The molecular formula is C14H19NO5S. The first-order valence-corrected chi connectivity index (χ1v) is 8.38. The summed E-state index contributed by atoms with van der Waals surface area (Å²) < 4.78 is 28.9. The lowest BCUT2D eigenvalue weighted by Gasteiger charge is -2.19. The Bertz CT molecular complexity index is 576. The molecule has 1 N–H and O–H groups in total. The summed E-state index contributed by atoms with van der Waals surface area (Å²) in [7, 11) is -2.37. The summed E-state index contributed by atoms with van der Waals surface area (Å²) in [4.78, 5) is 18.5. The molecule has 1 aliphatic carbocycles. The topological polar surface area (TPSA) is 81.7 Å². The SMILES string of the molecule is COc1ccc(S(=O)(=O)NOC(=O)C2CCCCC2)cc1. The number of carbonyl (C=O) groups excluding carboxylic acids is 1. The van der Waals surface area contributed by atoms with Crippen LogP contribution in [-0.2, 0) is 19.7 Å². The number of nitrogens with one attached hydrogen (secondary N) is 1. The lowest BCUT2D eigenvalue weighted by atomic mass is 9.89. The van der Waals surface area contributed by atoms with Crippen LogP contribution in [0.1, 0.15) is 32.1 Å². The van der Waals surface area contributed by atoms with E-state index in [0.29, 0.717) is 5.75 Å². The Morgan fingerprint density at radius 3 is 2.33 bits per heavy atom. The van der Waals surface area contributed by atoms with Gasteiger partial charge in [0, 0.05) is 0 Å². The van der Waals surface area contributed by atoms with E-state index in [9.17, 15) is 13.2 Å². The number of hydrogen-bond donors (Lipinski definition) is 1. The zero-order chi connectivity index (χ0) is 15.3. The zero-order valence-corrected chi connectivity index (χ0v) is 12.7. The van der Waals surface area contributed by atoms with Crippen molar-refractivity contribution >= 4 is 16.0 Å². The van der Waals surface area contributed by atoms with E-state index in [1.54, 1.807) is 0 Å². The molecule has 0 amide bonds. The van der Waals surface area contributed by atoms with Gasteiger partial charge in [0.05, 0.1) is 17.9 Å². The molecule has 7 heteroatoms. The molecule has 0 unspecified atom stereocenters. The lowest BCUT2D eigenvalue weighted by Crippen LogP contribution is -2.31. The van der Waals surface area contributed by atoms with E-state index < -0.39 is 16.0 Å². The normalized spacial score (nSPS) is 16.4. The number of rotatable bonds is 5. The van der Waals surface area contributed by atoms with Crippen LogP contribution in [0.2, 0.25) is 0 Å². The second-order valence-corrected chi connectivity index (χ2v) is 6.66. The van der Waals surface area contributed by atoms with E-state index in [2.05, 4.69) is 0 Å². The van der Waals surface area contributed by atoms with Crippen molar-refractivity contribution in [2.45, 2.75) is 37.0 Å². The minimum atomic E-state index is -3.87. The van der Waals surface area contributed by atoms with Gasteiger partial charge in [0.1, 0.15) is 5.75 Å². The first kappa shape index (κ1) is 15.8. The van der Waals surface area contributed by atoms with Crippen molar-refractivity contribution < 1.29 is 22.8 Å². The quantitative estimate of drug-likeness (QED) is 0.841. The number of carbonyl (C=O) groups is 1. The van der Waals surface area contributed by atoms with Gasteiger partial charge in [0.15, 0.2) is 0 Å². The maximum Gasteiger partial charge on any atom is 0.329 e. The Balaban J connectivity index is 1.95. The number of sulfonamides is 1. The minimum Gasteiger partial charge on any atom is -0.497 e. The highest BCUT2D eigenvalue weighted by molar-refractivity contribution is 7.89. The van der Waals surface area contributed by atoms with E-state index in [1.165, 1.54) is 31.4 Å². The number of benzene rings is 1. The summed E-state index contributed by atoms with van der Waals surface area (Å²) in [5, 5.41) is 0. The summed E-state index contributed by atoms with van der Waals surface area (Å²) >= 11 is 0. The first-order valence-electron chi connectivity index (χ1n) is 6.89. The van der Waals surface area contributed by atoms with E-state index in [1.807, 2.05) is 4.89 Å². The molecule has 0 spiro atoms. The van der Waals surface area contributed by atoms with Gasteiger partial charge in [0.2, 0.25) is 0 Å². The van der Waals surface area contributed by atoms with Crippen LogP contribution < -0.4 is 9.62 Å². The number of methoxy groups -OCH3 is 1. The molecule has 0 atom stereocenters. The summed E-state index contributed by atoms with van der Waals surface area (Å²) in [5.74, 6) is -0.169. The third kappa shape index (κ3) is 4.18. The van der Waals surface area contributed by atoms with Crippen LogP contribution >= 0.6 is 0 Å². The van der Waals surface area contributed by atoms with Crippen molar-refractivity contribution in [3.8, 4) is 5.75 Å². The first-order chi connectivity index (χ1) is 10.0. The predicted octanol–water partition coefficient (Wildman–Crippen LogP) is 2.01. The fraction of sp³-hybridized carbons (Fsp3) is 0.500. The summed E-state index contributed by atoms with van der Waals surface area (Å²) in [6.07, 6.45) is 4.57. The highest BCUT2D eigenvalue weighted by Gasteiger charge is 2.25. The molecule has 0 bridgehead atoms. The number of ether oxygens (including phenoxy) is 1. The van der Waals surface area contributed by atoms with E-state index in [0.717, 1.165) is 32.1 Å². The van der Waals surface area contributed by atoms with Crippen molar-refractivity contribution in [3.05, 3.63) is 24.3 Å². The largest absolute Gasteiger partial charge is 0.497 e. The molecule has 1 fully saturated rings. The number of hydrogen-bond acceptors (Lipinski definition) is 5. The van der Waals surface area contributed by atoms with E-state index in [-0.39, 0.29) is 10.8 Å². The Labute approximate surface area is 124 Å². The van der Waals surface area contributed by atoms with Gasteiger partial charge in [-0.2, -0.15) is 0 Å². The average Bonchev–Trinajstić information content (AvgIpc) is 2.53. The molecular weight excluding hydrogens is 294 g/mol. The molecule has 1 aromatic carbocycles. The van der Waals surface area contributed by atoms with Crippen LogP contribution in [0.5, 0.6) is 5.75 Å². The van der Waals surface area contributed by atoms with Crippen LogP contribution in [0.15, 0.2) is 29.2 Å². The van der Waals surface area contributed by atoms with Crippen LogP contribution in [0, 0.1) is 5.92 Å². The Morgan fingerprint density at radius 2 is 1.76 bits per heavy atom. The highest BCUT2D eigenvalue weighted by Crippen LogP contribution is 2.24. The molecule has 0 saturated heterocycles. The molecule has 2 rings (SSSR count). The van der Waals surface area contributed by atoms with Crippen LogP contribution in [-0.4, -0.2) is 21.5 Å². The molecule has 1 aromatic rings. The van der Waals surface area contributed by atoms with Gasteiger partial charge in [-0.25, -0.2) is 8.42 Å². The summed E-state index contributed by atoms with van der Waals surface area (Å²) in [6, 6.07) is 5.82. The molecule has 1 saturated carbocycles. The van der Waals surface area contributed by atoms with Crippen molar-refractivity contribution in [2.24, 2.45) is 5.92 Å². The maximum absolute atomic E-state index is 12.0. The third-order valence-electron chi connectivity index (χ3n) is 3.56. The van der Waals surface area contributed by atoms with Crippen molar-refractivity contribution in [2.75, 3.05) is 7.11 Å². The predicted molar refractivity (Wildman–Crippen MR) is 76.0 cm³/mol. The summed E-state index contributed by atoms with van der Waals surface area (Å²) in [6.45, 7) is 0. The lowest BCUT2D eigenvalue weighted by molar-refractivity contribution is -0.153. The van der Waals surface area contributed by atoms with Gasteiger partial charge in [-0.05, 0) is 42.0 Å². The molecule has 0 aromatic heterocycles. The molecule has 1 aliphatic rings. The molecule has 21 heavy (non-hydrogen) atoms. The van der Waals surface area contributed by atoms with Crippen molar-refractivity contribution in [1.29, 1.82) is 0 Å². The second-order valence-electron chi connectivity index (χ2n) is 5.02. The fourth-order valence-electron chi connectivity index (χ4n) is 2.32.